The molecule has 7 aliphatic heterocycles. The van der Waals surface area contributed by atoms with E-state index < -0.39 is 310 Å². The number of amides is 3. The molecular weight excluding hydrogens is 1330 g/mol. The van der Waals surface area contributed by atoms with Gasteiger partial charge in [-0.2, -0.15) is 0 Å². The summed E-state index contributed by atoms with van der Waals surface area (Å²) in [7, 11) is 0. The normalized spacial score (nSPS) is 46.5. The van der Waals surface area contributed by atoms with Crippen LogP contribution in [0.4, 0.5) is 0 Å². The van der Waals surface area contributed by atoms with Crippen LogP contribution in [0.25, 0.3) is 0 Å². The fraction of sp³-hybridized carbons (Fsp3) is 0.944. The second-order valence-electron chi connectivity index (χ2n) is 24.4. The smallest absolute Gasteiger partial charge is 0.217 e. The molecule has 0 aromatic carbocycles. The highest BCUT2D eigenvalue weighted by Crippen LogP contribution is 2.38. The predicted octanol–water partition coefficient (Wildman–Crippen LogP) is -17.4. The van der Waals surface area contributed by atoms with Crippen LogP contribution in [0, 0.1) is 0 Å². The van der Waals surface area contributed by atoms with Gasteiger partial charge in [0.15, 0.2) is 44.0 Å². The van der Waals surface area contributed by atoms with E-state index in [9.17, 15) is 132 Å². The zero-order chi connectivity index (χ0) is 71.9. The lowest BCUT2D eigenvalue weighted by Crippen LogP contribution is -2.70. The first kappa shape index (κ1) is 81.2. The number of nitrogens with one attached hydrogen (secondary N) is 3. The first-order chi connectivity index (χ1) is 45.8. The van der Waals surface area contributed by atoms with Crippen molar-refractivity contribution in [2.45, 2.75) is 267 Å². The van der Waals surface area contributed by atoms with Gasteiger partial charge >= 0.3 is 0 Å². The average molecular weight is 1420 g/mol. The molecule has 0 radical (unpaired) electrons. The minimum absolute atomic E-state index is 0.827. The van der Waals surface area contributed by atoms with Crippen molar-refractivity contribution in [3.63, 3.8) is 0 Å². The van der Waals surface area contributed by atoms with Crippen molar-refractivity contribution < 1.29 is 198 Å². The van der Waals surface area contributed by atoms with Crippen LogP contribution in [-0.2, 0) is 80.7 Å². The fourth-order valence-electron chi connectivity index (χ4n) is 12.0. The van der Waals surface area contributed by atoms with Crippen LogP contribution in [0.1, 0.15) is 27.7 Å². The molecule has 0 aliphatic carbocycles. The molecule has 43 nitrogen and oxygen atoms in total. The third-order valence-corrected chi connectivity index (χ3v) is 17.4. The van der Waals surface area contributed by atoms with E-state index in [0.717, 1.165) is 20.8 Å². The number of aliphatic hydroxyl groups excluding tert-OH is 23. The molecule has 7 fully saturated rings. The highest BCUT2D eigenvalue weighted by atomic mass is 16.8. The fourth-order valence-corrected chi connectivity index (χ4v) is 12.0. The number of carbonyl (C=O) groups is 3. The minimum atomic E-state index is -2.50. The molecule has 564 valence electrons. The van der Waals surface area contributed by atoms with Gasteiger partial charge in [0.1, 0.15) is 183 Å². The van der Waals surface area contributed by atoms with Crippen LogP contribution < -0.4 is 16.0 Å². The number of hydrogen-bond acceptors (Lipinski definition) is 40. The van der Waals surface area contributed by atoms with Gasteiger partial charge in [-0.25, -0.2) is 0 Å². The van der Waals surface area contributed by atoms with Crippen molar-refractivity contribution >= 4 is 17.7 Å². The van der Waals surface area contributed by atoms with E-state index in [1.165, 1.54) is 6.92 Å². The standard InChI is InChI=1S/C54H93N3O40/c1-13-27(68)35(76)39(80)50(86-13)84-11-18(67)43(28(69)17(5-58)55-14(2)64)93-48-25(56-15(3)65)34(75)44(23(10-63)91-48)94-53-42(83)46(33(74)24(92-53)12-85-51-40(81)36(77)29(70)19(6-59)88-51)96-54-47(38(79)31(72)21(8-61)90-54)97-49-26(57-16(4)66)45(32(73)22(9-62)87-49)95-52-41(82)37(78)30(71)20(7-60)89-52/h13,17-54,58-63,67-83H,5-12H2,1-4H3,(H,55,64)(H,56,65)(H,57,66)/t13-,17-,18+,19+,20+,21+,22+,23+,24+,25+,26+,27+,28+,29+,30-,31+,32+,33+,34+,35+,36-,37-,38-,39-,40-,41+,42-,43+,44+,45+,46-,47-,48-,49-,50+,51-,52-,53-,54+/m0/s1. The molecule has 0 bridgehead atoms. The molecule has 7 aliphatic rings. The van der Waals surface area contributed by atoms with E-state index in [0.29, 0.717) is 0 Å². The molecule has 0 aromatic rings. The molecule has 0 aromatic heterocycles. The van der Waals surface area contributed by atoms with Crippen LogP contribution in [0.5, 0.6) is 0 Å². The minimum Gasteiger partial charge on any atom is -0.394 e. The predicted molar refractivity (Wildman–Crippen MR) is 300 cm³/mol. The van der Waals surface area contributed by atoms with Crippen LogP contribution in [-0.4, -0.2) is 427 Å². The molecule has 0 unspecified atom stereocenters. The number of rotatable bonds is 28. The second kappa shape index (κ2) is 35.9. The maximum absolute atomic E-state index is 13.0. The average Bonchev–Trinajstić information content (AvgIpc) is 0.772. The third-order valence-electron chi connectivity index (χ3n) is 17.4. The van der Waals surface area contributed by atoms with E-state index in [1.54, 1.807) is 0 Å². The van der Waals surface area contributed by atoms with Gasteiger partial charge in [-0.3, -0.25) is 14.4 Å². The molecule has 3 amide bonds. The van der Waals surface area contributed by atoms with Crippen LogP contribution >= 0.6 is 0 Å². The molecule has 0 spiro atoms. The number of hydrogen-bond donors (Lipinski definition) is 26. The summed E-state index contributed by atoms with van der Waals surface area (Å²) in [6.07, 6.45) is -73.1. The lowest BCUT2D eigenvalue weighted by Gasteiger charge is -2.51. The number of aliphatic hydroxyl groups is 23. The maximum Gasteiger partial charge on any atom is 0.217 e. The summed E-state index contributed by atoms with van der Waals surface area (Å²) in [4.78, 5) is 38.1. The molecule has 43 heteroatoms. The Hall–Kier alpha value is -3.07. The summed E-state index contributed by atoms with van der Waals surface area (Å²) in [5.74, 6) is -2.73. The molecule has 7 heterocycles. The van der Waals surface area contributed by atoms with Gasteiger partial charge < -0.3 is 200 Å². The Bertz CT molecular complexity index is 2440. The van der Waals surface area contributed by atoms with E-state index in [2.05, 4.69) is 16.0 Å². The largest absolute Gasteiger partial charge is 0.394 e. The van der Waals surface area contributed by atoms with Gasteiger partial charge in [0.05, 0.1) is 65.0 Å². The van der Waals surface area contributed by atoms with Crippen molar-refractivity contribution in [3.05, 3.63) is 0 Å². The lowest BCUT2D eigenvalue weighted by atomic mass is 9.94. The van der Waals surface area contributed by atoms with E-state index in [1.807, 2.05) is 0 Å². The Morgan fingerprint density at radius 1 is 0.381 bits per heavy atom. The molecular formula is C54H93N3O40. The van der Waals surface area contributed by atoms with Gasteiger partial charge in [-0.1, -0.05) is 0 Å². The van der Waals surface area contributed by atoms with Gasteiger partial charge in [-0.05, 0) is 6.92 Å². The molecule has 7 saturated heterocycles. The Balaban J connectivity index is 1.22. The van der Waals surface area contributed by atoms with Gasteiger partial charge in [-0.15, -0.1) is 0 Å². The number of ether oxygens (including phenoxy) is 14. The van der Waals surface area contributed by atoms with Crippen molar-refractivity contribution in [3.8, 4) is 0 Å². The summed E-state index contributed by atoms with van der Waals surface area (Å²) < 4.78 is 81.6. The van der Waals surface area contributed by atoms with Crippen molar-refractivity contribution in [1.82, 2.24) is 16.0 Å². The van der Waals surface area contributed by atoms with E-state index >= 15 is 0 Å². The van der Waals surface area contributed by atoms with E-state index in [-0.39, 0.29) is 0 Å². The highest BCUT2D eigenvalue weighted by Gasteiger charge is 2.59. The first-order valence-corrected chi connectivity index (χ1v) is 30.9. The van der Waals surface area contributed by atoms with Crippen molar-refractivity contribution in [2.75, 3.05) is 52.9 Å². The first-order valence-electron chi connectivity index (χ1n) is 30.9. The molecule has 0 saturated carbocycles. The monoisotopic (exact) mass is 1420 g/mol. The van der Waals surface area contributed by atoms with E-state index in [4.69, 9.17) is 66.3 Å². The molecule has 26 N–H and O–H groups in total. The van der Waals surface area contributed by atoms with Gasteiger partial charge in [0, 0.05) is 20.8 Å². The molecule has 7 rings (SSSR count). The lowest BCUT2D eigenvalue weighted by molar-refractivity contribution is -0.396. The molecule has 97 heavy (non-hydrogen) atoms. The van der Waals surface area contributed by atoms with Gasteiger partial charge in [0.25, 0.3) is 0 Å². The summed E-state index contributed by atoms with van der Waals surface area (Å²) in [5.41, 5.74) is 0. The maximum atomic E-state index is 13.0. The SMILES string of the molecule is CC(=O)N[C@H]1[C@H](O[C@@H]([C@H](O)[C@H](CO)NC(C)=O)[C@H](O)CO[C@@H]2O[C@@H](C)[C@@H](O)[C@@H](O)[C@@H]2O)O[C@H](CO)[C@@H](O[C@@H]2O[C@H](CO[C@H]3O[C@H](CO)[C@@H](O)[C@H](O)[C@@H]3O)[C@@H](O)[C@H](O[C@H]3O[C@H](CO)[C@@H](O)[C@H](O)[C@@H]3O[C@@H]3O[C@H](CO)[C@@H](O)[C@H](O[C@@H]4O[C@H](CO)[C@H](O)[C@H](O)[C@H]4O)[C@H]3NC(C)=O)[C@@H]2O)[C@@H]1O. The Morgan fingerprint density at radius 3 is 1.35 bits per heavy atom. The van der Waals surface area contributed by atoms with Crippen molar-refractivity contribution in [2.24, 2.45) is 0 Å². The highest BCUT2D eigenvalue weighted by molar-refractivity contribution is 5.74. The summed E-state index contributed by atoms with van der Waals surface area (Å²) in [6, 6.07) is -5.56. The van der Waals surface area contributed by atoms with Gasteiger partial charge in [0.2, 0.25) is 17.7 Å². The summed E-state index contributed by atoms with van der Waals surface area (Å²) in [5, 5.41) is 258. The van der Waals surface area contributed by atoms with Crippen LogP contribution in [0.3, 0.4) is 0 Å². The second-order valence-corrected chi connectivity index (χ2v) is 24.4. The topological polar surface area (TPSA) is 682 Å². The van der Waals surface area contributed by atoms with Crippen LogP contribution in [0.15, 0.2) is 0 Å². The number of carbonyl (C=O) groups excluding carboxylic acids is 3. The Morgan fingerprint density at radius 2 is 0.804 bits per heavy atom. The zero-order valence-corrected chi connectivity index (χ0v) is 52.4. The Labute approximate surface area is 550 Å². The Kier molecular flexibility index (Phi) is 30.1. The van der Waals surface area contributed by atoms with Crippen molar-refractivity contribution in [1.29, 1.82) is 0 Å². The van der Waals surface area contributed by atoms with Crippen LogP contribution in [0.2, 0.25) is 0 Å². The quantitative estimate of drug-likeness (QED) is 0.0346. The molecule has 39 atom stereocenters. The summed E-state index contributed by atoms with van der Waals surface area (Å²) in [6.45, 7) is -4.26. The third kappa shape index (κ3) is 18.7. The summed E-state index contributed by atoms with van der Waals surface area (Å²) >= 11 is 0. The zero-order valence-electron chi connectivity index (χ0n) is 52.4.